The highest BCUT2D eigenvalue weighted by Gasteiger charge is 2.21. The van der Waals surface area contributed by atoms with Crippen molar-refractivity contribution < 1.29 is 0 Å². The maximum Gasteiger partial charge on any atom is -0.00132 e. The minimum Gasteiger partial charge on any atom is -0.0654 e. The van der Waals surface area contributed by atoms with Crippen molar-refractivity contribution in [3.05, 3.63) is 83.4 Å². The molecule has 0 N–H and O–H groups in total. The van der Waals surface area contributed by atoms with E-state index >= 15 is 0 Å². The molecule has 1 aliphatic rings. The Balaban J connectivity index is 1.76. The van der Waals surface area contributed by atoms with Gasteiger partial charge in [0.25, 0.3) is 0 Å². The summed E-state index contributed by atoms with van der Waals surface area (Å²) in [4.78, 5) is 0. The van der Waals surface area contributed by atoms with Crippen molar-refractivity contribution in [1.82, 2.24) is 0 Å². The molecule has 0 heterocycles. The molecule has 3 aromatic carbocycles. The van der Waals surface area contributed by atoms with Gasteiger partial charge in [-0.1, -0.05) is 80.1 Å². The summed E-state index contributed by atoms with van der Waals surface area (Å²) in [5.74, 6) is 0. The largest absolute Gasteiger partial charge is 0.0654 e. The van der Waals surface area contributed by atoms with Crippen molar-refractivity contribution in [1.29, 1.82) is 0 Å². The first kappa shape index (κ1) is 14.3. The Morgan fingerprint density at radius 3 is 2.30 bits per heavy atom. The van der Waals surface area contributed by atoms with Gasteiger partial charge in [0.2, 0.25) is 0 Å². The van der Waals surface area contributed by atoms with E-state index in [9.17, 15) is 0 Å². The predicted molar refractivity (Wildman–Crippen MR) is 98.7 cm³/mol. The Hall–Kier alpha value is -2.34. The Morgan fingerprint density at radius 1 is 0.739 bits per heavy atom. The highest BCUT2D eigenvalue weighted by atomic mass is 14.2. The lowest BCUT2D eigenvalue weighted by molar-refractivity contribution is 0.795. The third-order valence-corrected chi connectivity index (χ3v) is 4.90. The highest BCUT2D eigenvalue weighted by Crippen LogP contribution is 2.42. The number of hydrogen-bond donors (Lipinski definition) is 0. The molecule has 0 spiro atoms. The fraction of sp³-hybridized carbons (Fsp3) is 0.217. The molecule has 3 aromatic rings. The SMILES string of the molecule is CCCCc1ccc(-c2cccc3c2-c2ccccc2C3)cc1. The van der Waals surface area contributed by atoms with Gasteiger partial charge in [0.05, 0.1) is 0 Å². The lowest BCUT2D eigenvalue weighted by Crippen LogP contribution is -1.88. The lowest BCUT2D eigenvalue weighted by Gasteiger charge is -2.11. The maximum absolute atomic E-state index is 2.30. The van der Waals surface area contributed by atoms with Crippen LogP contribution < -0.4 is 0 Å². The van der Waals surface area contributed by atoms with Crippen molar-refractivity contribution in [3.63, 3.8) is 0 Å². The summed E-state index contributed by atoms with van der Waals surface area (Å²) in [5, 5.41) is 0. The summed E-state index contributed by atoms with van der Waals surface area (Å²) < 4.78 is 0. The topological polar surface area (TPSA) is 0 Å². The molecular formula is C23H22. The molecule has 23 heavy (non-hydrogen) atoms. The molecule has 0 radical (unpaired) electrons. The summed E-state index contributed by atoms with van der Waals surface area (Å²) in [5.41, 5.74) is 9.91. The van der Waals surface area contributed by atoms with Crippen LogP contribution in [0.25, 0.3) is 22.3 Å². The van der Waals surface area contributed by atoms with E-state index in [1.807, 2.05) is 0 Å². The van der Waals surface area contributed by atoms with Crippen LogP contribution in [-0.2, 0) is 12.8 Å². The molecule has 0 saturated carbocycles. The molecule has 0 amide bonds. The van der Waals surface area contributed by atoms with Crippen molar-refractivity contribution >= 4 is 0 Å². The third-order valence-electron chi connectivity index (χ3n) is 4.90. The first-order chi connectivity index (χ1) is 11.4. The van der Waals surface area contributed by atoms with Crippen LogP contribution in [0.15, 0.2) is 66.7 Å². The summed E-state index contributed by atoms with van der Waals surface area (Å²) in [7, 11) is 0. The highest BCUT2D eigenvalue weighted by molar-refractivity contribution is 5.90. The number of fused-ring (bicyclic) bond motifs is 3. The molecule has 0 atom stereocenters. The van der Waals surface area contributed by atoms with E-state index in [1.165, 1.54) is 58.2 Å². The third kappa shape index (κ3) is 2.59. The number of benzene rings is 3. The van der Waals surface area contributed by atoms with Crippen molar-refractivity contribution in [3.8, 4) is 22.3 Å². The molecule has 4 rings (SSSR count). The van der Waals surface area contributed by atoms with Gasteiger partial charge in [0.15, 0.2) is 0 Å². The number of rotatable bonds is 4. The van der Waals surface area contributed by atoms with Gasteiger partial charge in [-0.15, -0.1) is 0 Å². The van der Waals surface area contributed by atoms with Crippen LogP contribution in [0.4, 0.5) is 0 Å². The van der Waals surface area contributed by atoms with Crippen LogP contribution in [0, 0.1) is 0 Å². The second-order valence-electron chi connectivity index (χ2n) is 6.47. The Labute approximate surface area is 138 Å². The van der Waals surface area contributed by atoms with Crippen LogP contribution >= 0.6 is 0 Å². The van der Waals surface area contributed by atoms with E-state index in [-0.39, 0.29) is 0 Å². The Kier molecular flexibility index (Phi) is 3.75. The molecule has 0 fully saturated rings. The van der Waals surface area contributed by atoms with Crippen LogP contribution in [-0.4, -0.2) is 0 Å². The molecule has 1 aliphatic carbocycles. The molecule has 0 saturated heterocycles. The van der Waals surface area contributed by atoms with Crippen LogP contribution in [0.2, 0.25) is 0 Å². The van der Waals surface area contributed by atoms with Crippen LogP contribution in [0.3, 0.4) is 0 Å². The second kappa shape index (κ2) is 6.04. The fourth-order valence-electron chi connectivity index (χ4n) is 3.66. The zero-order valence-electron chi connectivity index (χ0n) is 13.7. The van der Waals surface area contributed by atoms with Gasteiger partial charge < -0.3 is 0 Å². The zero-order valence-corrected chi connectivity index (χ0v) is 13.7. The fourth-order valence-corrected chi connectivity index (χ4v) is 3.66. The van der Waals surface area contributed by atoms with Gasteiger partial charge in [0, 0.05) is 0 Å². The van der Waals surface area contributed by atoms with E-state index in [2.05, 4.69) is 73.7 Å². The van der Waals surface area contributed by atoms with Crippen molar-refractivity contribution in [2.45, 2.75) is 32.6 Å². The van der Waals surface area contributed by atoms with E-state index in [4.69, 9.17) is 0 Å². The van der Waals surface area contributed by atoms with Gasteiger partial charge in [0.1, 0.15) is 0 Å². The van der Waals surface area contributed by atoms with Crippen molar-refractivity contribution in [2.75, 3.05) is 0 Å². The molecule has 0 aromatic heterocycles. The first-order valence-electron chi connectivity index (χ1n) is 8.66. The number of hydrogen-bond acceptors (Lipinski definition) is 0. The normalized spacial score (nSPS) is 12.0. The quantitative estimate of drug-likeness (QED) is 0.416. The molecule has 0 unspecified atom stereocenters. The van der Waals surface area contributed by atoms with Gasteiger partial charge in [-0.25, -0.2) is 0 Å². The minimum absolute atomic E-state index is 1.06. The number of unbranched alkanes of at least 4 members (excludes halogenated alkanes) is 1. The van der Waals surface area contributed by atoms with E-state index < -0.39 is 0 Å². The van der Waals surface area contributed by atoms with Gasteiger partial charge in [-0.3, -0.25) is 0 Å². The van der Waals surface area contributed by atoms with E-state index in [0.29, 0.717) is 0 Å². The first-order valence-corrected chi connectivity index (χ1v) is 8.66. The second-order valence-corrected chi connectivity index (χ2v) is 6.47. The maximum atomic E-state index is 2.30. The van der Waals surface area contributed by atoms with E-state index in [1.54, 1.807) is 0 Å². The molecule has 0 heteroatoms. The molecule has 114 valence electrons. The van der Waals surface area contributed by atoms with Crippen LogP contribution in [0.1, 0.15) is 36.5 Å². The average molecular weight is 298 g/mol. The summed E-state index contributed by atoms with van der Waals surface area (Å²) >= 11 is 0. The Bertz CT molecular complexity index is 825. The predicted octanol–water partition coefficient (Wildman–Crippen LogP) is 6.27. The molecular weight excluding hydrogens is 276 g/mol. The zero-order chi connectivity index (χ0) is 15.6. The monoisotopic (exact) mass is 298 g/mol. The van der Waals surface area contributed by atoms with E-state index in [0.717, 1.165) is 6.42 Å². The Morgan fingerprint density at radius 2 is 1.48 bits per heavy atom. The van der Waals surface area contributed by atoms with Crippen molar-refractivity contribution in [2.24, 2.45) is 0 Å². The minimum atomic E-state index is 1.06. The molecule has 0 aliphatic heterocycles. The summed E-state index contributed by atoms with van der Waals surface area (Å²) in [6.07, 6.45) is 4.78. The summed E-state index contributed by atoms with van der Waals surface area (Å²) in [6.45, 7) is 2.25. The average Bonchev–Trinajstić information content (AvgIpc) is 2.99. The lowest BCUT2D eigenvalue weighted by atomic mass is 9.93. The van der Waals surface area contributed by atoms with Gasteiger partial charge in [-0.05, 0) is 58.2 Å². The molecule has 0 nitrogen and oxygen atoms in total. The standard InChI is InChI=1S/C23H22/c1-2-3-7-17-12-14-18(15-13-17)21-11-6-9-20-16-19-8-4-5-10-22(19)23(20)21/h4-6,8-15H,2-3,7,16H2,1H3. The molecule has 0 bridgehead atoms. The van der Waals surface area contributed by atoms with Gasteiger partial charge in [-0.2, -0.15) is 0 Å². The van der Waals surface area contributed by atoms with Crippen LogP contribution in [0.5, 0.6) is 0 Å². The summed E-state index contributed by atoms with van der Waals surface area (Å²) in [6, 6.07) is 24.7. The smallest absolute Gasteiger partial charge is 0.00132 e. The van der Waals surface area contributed by atoms with Gasteiger partial charge >= 0.3 is 0 Å². The number of aryl methyl sites for hydroxylation is 1.